The maximum absolute atomic E-state index is 12.4. The fraction of sp³-hybridized carbons (Fsp3) is 0.800. The van der Waals surface area contributed by atoms with Gasteiger partial charge in [0.2, 0.25) is 0 Å². The molecule has 3 heterocycles. The molecule has 6 nitrogen and oxygen atoms in total. The van der Waals surface area contributed by atoms with Gasteiger partial charge in [-0.2, -0.15) is 0 Å². The number of carbonyl (C=O) groups excluding carboxylic acids is 1. The number of carbonyl (C=O) groups is 1. The Kier molecular flexibility index (Phi) is 1.83. The highest BCUT2D eigenvalue weighted by Gasteiger charge is 2.94. The monoisotopic (exact) mass is 294 g/mol. The fourth-order valence-corrected chi connectivity index (χ4v) is 5.49. The lowest BCUT2D eigenvalue weighted by Crippen LogP contribution is -2.70. The van der Waals surface area contributed by atoms with Crippen molar-refractivity contribution in [2.75, 3.05) is 6.61 Å². The molecule has 5 rings (SSSR count). The van der Waals surface area contributed by atoms with Crippen molar-refractivity contribution in [3.8, 4) is 0 Å². The first-order valence-electron chi connectivity index (χ1n) is 7.36. The minimum absolute atomic E-state index is 0.236. The smallest absolute Gasteiger partial charge is 0.313 e. The second-order valence-corrected chi connectivity index (χ2v) is 7.38. The molecule has 3 saturated heterocycles. The summed E-state index contributed by atoms with van der Waals surface area (Å²) in [5.74, 6) is -1.60. The van der Waals surface area contributed by atoms with E-state index in [1.807, 2.05) is 0 Å². The molecule has 2 bridgehead atoms. The standard InChI is InChI=1S/C15H18O6/c1-5(2)6-7-12(17)20-8(6)9(16)13(3)14(4-19-14)10-11(21-10)15(7,13)18/h6-11,16,18H,1,4H2,2-3H3/t6-,7+,8+,9+,10+,11+,13-,14+,15-/m0/s1. The summed E-state index contributed by atoms with van der Waals surface area (Å²) >= 11 is 0. The van der Waals surface area contributed by atoms with Crippen LogP contribution in [-0.4, -0.2) is 58.4 Å². The van der Waals surface area contributed by atoms with Gasteiger partial charge in [-0.05, 0) is 6.92 Å². The molecule has 2 N–H and O–H groups in total. The van der Waals surface area contributed by atoms with Crippen molar-refractivity contribution in [3.05, 3.63) is 12.2 Å². The highest BCUT2D eigenvalue weighted by molar-refractivity contribution is 5.80. The van der Waals surface area contributed by atoms with Crippen LogP contribution < -0.4 is 0 Å². The number of aliphatic hydroxyl groups is 2. The van der Waals surface area contributed by atoms with Crippen molar-refractivity contribution in [2.24, 2.45) is 17.3 Å². The normalized spacial score (nSPS) is 65.8. The van der Waals surface area contributed by atoms with Crippen LogP contribution in [0.3, 0.4) is 0 Å². The molecule has 1 spiro atoms. The molecule has 9 atom stereocenters. The van der Waals surface area contributed by atoms with E-state index < -0.39 is 46.8 Å². The summed E-state index contributed by atoms with van der Waals surface area (Å²) in [6, 6.07) is 0. The Labute approximate surface area is 121 Å². The second-order valence-electron chi connectivity index (χ2n) is 7.38. The number of hydrogen-bond acceptors (Lipinski definition) is 6. The molecule has 21 heavy (non-hydrogen) atoms. The number of hydrogen-bond donors (Lipinski definition) is 2. The van der Waals surface area contributed by atoms with Gasteiger partial charge in [-0.1, -0.05) is 19.1 Å². The molecule has 5 aliphatic rings. The highest BCUT2D eigenvalue weighted by Crippen LogP contribution is 2.75. The summed E-state index contributed by atoms with van der Waals surface area (Å²) in [7, 11) is 0. The largest absolute Gasteiger partial charge is 0.459 e. The number of fused-ring (bicyclic) bond motifs is 8. The minimum Gasteiger partial charge on any atom is -0.459 e. The maximum Gasteiger partial charge on any atom is 0.313 e. The number of aliphatic hydroxyl groups excluding tert-OH is 1. The van der Waals surface area contributed by atoms with Crippen LogP contribution in [0.2, 0.25) is 0 Å². The molecule has 5 fully saturated rings. The molecular weight excluding hydrogens is 276 g/mol. The molecule has 0 amide bonds. The molecule has 0 aromatic heterocycles. The number of epoxide rings is 2. The Balaban J connectivity index is 1.76. The molecule has 2 saturated carbocycles. The van der Waals surface area contributed by atoms with E-state index in [4.69, 9.17) is 14.2 Å². The zero-order chi connectivity index (χ0) is 14.9. The van der Waals surface area contributed by atoms with Crippen molar-refractivity contribution in [1.82, 2.24) is 0 Å². The van der Waals surface area contributed by atoms with Crippen molar-refractivity contribution in [2.45, 2.75) is 49.5 Å². The van der Waals surface area contributed by atoms with Gasteiger partial charge in [0.1, 0.15) is 35.6 Å². The lowest BCUT2D eigenvalue weighted by atomic mass is 9.52. The van der Waals surface area contributed by atoms with Crippen molar-refractivity contribution >= 4 is 5.97 Å². The predicted octanol–water partition coefficient (Wildman–Crippen LogP) is -0.618. The van der Waals surface area contributed by atoms with E-state index in [2.05, 4.69) is 6.58 Å². The Morgan fingerprint density at radius 2 is 2.10 bits per heavy atom. The summed E-state index contributed by atoms with van der Waals surface area (Å²) in [6.45, 7) is 7.96. The van der Waals surface area contributed by atoms with E-state index in [0.717, 1.165) is 5.57 Å². The summed E-state index contributed by atoms with van der Waals surface area (Å²) in [4.78, 5) is 12.4. The third kappa shape index (κ3) is 0.958. The lowest BCUT2D eigenvalue weighted by Gasteiger charge is -2.54. The van der Waals surface area contributed by atoms with Gasteiger partial charge in [0.15, 0.2) is 0 Å². The minimum atomic E-state index is -1.47. The third-order valence-corrected chi connectivity index (χ3v) is 6.72. The zero-order valence-electron chi connectivity index (χ0n) is 11.9. The molecule has 114 valence electrons. The first kappa shape index (κ1) is 12.6. The van der Waals surface area contributed by atoms with Gasteiger partial charge in [0, 0.05) is 5.92 Å². The Morgan fingerprint density at radius 1 is 1.43 bits per heavy atom. The molecule has 0 aromatic carbocycles. The van der Waals surface area contributed by atoms with Crippen molar-refractivity contribution in [3.63, 3.8) is 0 Å². The van der Waals surface area contributed by atoms with Gasteiger partial charge in [0.05, 0.1) is 17.9 Å². The van der Waals surface area contributed by atoms with Crippen LogP contribution in [0.5, 0.6) is 0 Å². The Hall–Kier alpha value is -0.950. The topological polar surface area (TPSA) is 91.8 Å². The molecule has 0 unspecified atom stereocenters. The Morgan fingerprint density at radius 3 is 2.67 bits per heavy atom. The Bertz CT molecular complexity index is 597. The van der Waals surface area contributed by atoms with Crippen LogP contribution in [0.15, 0.2) is 12.2 Å². The predicted molar refractivity (Wildman–Crippen MR) is 68.1 cm³/mol. The van der Waals surface area contributed by atoms with Crippen LogP contribution >= 0.6 is 0 Å². The number of rotatable bonds is 1. The average molecular weight is 294 g/mol. The van der Waals surface area contributed by atoms with Crippen molar-refractivity contribution in [1.29, 1.82) is 0 Å². The molecule has 2 aliphatic carbocycles. The zero-order valence-corrected chi connectivity index (χ0v) is 11.9. The van der Waals surface area contributed by atoms with E-state index in [1.54, 1.807) is 13.8 Å². The van der Waals surface area contributed by atoms with E-state index in [9.17, 15) is 15.0 Å². The lowest BCUT2D eigenvalue weighted by molar-refractivity contribution is -0.232. The van der Waals surface area contributed by atoms with E-state index in [0.29, 0.717) is 6.61 Å². The molecule has 0 aromatic rings. The van der Waals surface area contributed by atoms with Gasteiger partial charge in [-0.25, -0.2) is 0 Å². The van der Waals surface area contributed by atoms with Crippen LogP contribution in [0.4, 0.5) is 0 Å². The summed E-state index contributed by atoms with van der Waals surface area (Å²) in [6.07, 6.45) is -2.37. The summed E-state index contributed by atoms with van der Waals surface area (Å²) in [5, 5.41) is 22.4. The quantitative estimate of drug-likeness (QED) is 0.380. The second kappa shape index (κ2) is 3.06. The van der Waals surface area contributed by atoms with E-state index >= 15 is 0 Å². The van der Waals surface area contributed by atoms with E-state index in [1.165, 1.54) is 0 Å². The molecule has 0 radical (unpaired) electrons. The average Bonchev–Trinajstić information content (AvgIpc) is 3.27. The number of esters is 1. The van der Waals surface area contributed by atoms with Gasteiger partial charge in [-0.3, -0.25) is 4.79 Å². The maximum atomic E-state index is 12.4. The summed E-state index contributed by atoms with van der Waals surface area (Å²) in [5.41, 5.74) is -2.38. The van der Waals surface area contributed by atoms with Gasteiger partial charge in [-0.15, -0.1) is 0 Å². The fourth-order valence-electron chi connectivity index (χ4n) is 5.49. The van der Waals surface area contributed by atoms with Crippen molar-refractivity contribution < 1.29 is 29.2 Å². The molecule has 6 heteroatoms. The summed E-state index contributed by atoms with van der Waals surface area (Å²) < 4.78 is 16.7. The highest BCUT2D eigenvalue weighted by atomic mass is 16.7. The molecule has 3 aliphatic heterocycles. The van der Waals surface area contributed by atoms with Crippen LogP contribution in [0.25, 0.3) is 0 Å². The first-order chi connectivity index (χ1) is 9.80. The third-order valence-electron chi connectivity index (χ3n) is 6.72. The SMILES string of the molecule is C=C(C)[C@@H]1[C@H]2OC(=O)[C@@H]1[C@]1(O)[C@@H]3O[C@H]3[C@]3(CO3)[C@]1(C)[C@@H]2O. The van der Waals surface area contributed by atoms with E-state index in [-0.39, 0.29) is 12.0 Å². The number of ether oxygens (including phenoxy) is 3. The molecular formula is C15H18O6. The van der Waals surface area contributed by atoms with Gasteiger partial charge < -0.3 is 24.4 Å². The first-order valence-corrected chi connectivity index (χ1v) is 7.36. The van der Waals surface area contributed by atoms with Crippen LogP contribution in [0.1, 0.15) is 13.8 Å². The van der Waals surface area contributed by atoms with Gasteiger partial charge >= 0.3 is 5.97 Å². The van der Waals surface area contributed by atoms with Gasteiger partial charge in [0.25, 0.3) is 0 Å². The van der Waals surface area contributed by atoms with Crippen LogP contribution in [0, 0.1) is 17.3 Å². The van der Waals surface area contributed by atoms with Crippen LogP contribution in [-0.2, 0) is 19.0 Å².